The Labute approximate surface area is 166 Å². The molecule has 0 saturated carbocycles. The Morgan fingerprint density at radius 2 is 1.91 bits per heavy atom. The van der Waals surface area contributed by atoms with Crippen LogP contribution in [0.4, 0.5) is 0 Å². The average Bonchev–Trinajstić information content (AvgIpc) is 3.30. The number of carbonyl (C=O) groups excluding carboxylic acids is 1. The summed E-state index contributed by atoms with van der Waals surface area (Å²) in [6.45, 7) is 3.42. The van der Waals surface area contributed by atoms with Gasteiger partial charge in [-0.1, -0.05) is 24.4 Å². The van der Waals surface area contributed by atoms with E-state index in [1.807, 2.05) is 31.2 Å². The monoisotopic (exact) mass is 350 g/mol. The molecule has 1 aromatic rings. The van der Waals surface area contributed by atoms with Crippen molar-refractivity contribution in [2.45, 2.75) is 44.6 Å². The van der Waals surface area contributed by atoms with Crippen molar-refractivity contribution in [3.63, 3.8) is 0 Å². The molecule has 0 aromatic heterocycles. The molecule has 0 N–H and O–H groups in total. The van der Waals surface area contributed by atoms with Gasteiger partial charge in [-0.3, -0.25) is 0 Å². The topological polar surface area (TPSA) is 48.1 Å². The number of rotatable bonds is 10. The van der Waals surface area contributed by atoms with Gasteiger partial charge in [0.2, 0.25) is 0 Å². The van der Waals surface area contributed by atoms with E-state index in [9.17, 15) is 4.79 Å². The van der Waals surface area contributed by atoms with Crippen LogP contribution >= 0.6 is 11.6 Å². The maximum Gasteiger partial charge on any atom is 1.00 e. The Morgan fingerprint density at radius 1 is 1.26 bits per heavy atom. The number of unbranched alkanes of at least 4 members (excludes halogenated alkanes) is 3. The van der Waals surface area contributed by atoms with Crippen molar-refractivity contribution < 1.29 is 50.0 Å². The molecule has 0 amide bonds. The van der Waals surface area contributed by atoms with Crippen molar-refractivity contribution in [3.8, 4) is 5.75 Å². The van der Waals surface area contributed by atoms with Crippen LogP contribution in [0, 0.1) is 0 Å². The second-order valence-corrected chi connectivity index (χ2v) is 5.91. The van der Waals surface area contributed by atoms with Crippen molar-refractivity contribution in [1.82, 2.24) is 0 Å². The third-order valence-electron chi connectivity index (χ3n) is 3.70. The van der Waals surface area contributed by atoms with Crippen molar-refractivity contribution in [2.75, 3.05) is 19.8 Å². The predicted molar refractivity (Wildman–Crippen MR) is 86.5 cm³/mol. The van der Waals surface area contributed by atoms with Gasteiger partial charge in [-0.15, -0.1) is 0 Å². The van der Waals surface area contributed by atoms with Crippen LogP contribution in [0.2, 0.25) is 5.02 Å². The molecule has 2 rings (SSSR count). The van der Waals surface area contributed by atoms with E-state index in [2.05, 4.69) is 0 Å². The Balaban J connectivity index is 0.00000264. The first-order chi connectivity index (χ1) is 10.7. The molecule has 0 bridgehead atoms. The maximum absolute atomic E-state index is 11.7. The molecule has 1 aromatic carbocycles. The smallest absolute Gasteiger partial charge is 1.00 e. The van der Waals surface area contributed by atoms with Crippen LogP contribution in [0.5, 0.6) is 5.75 Å². The van der Waals surface area contributed by atoms with Gasteiger partial charge in [-0.2, -0.15) is 0 Å². The Kier molecular flexibility index (Phi) is 9.55. The fourth-order valence-electron chi connectivity index (χ4n) is 2.30. The second kappa shape index (κ2) is 10.6. The Hall–Kier alpha value is -0.260. The van der Waals surface area contributed by atoms with E-state index >= 15 is 0 Å². The molecule has 1 atom stereocenters. The van der Waals surface area contributed by atoms with Gasteiger partial charge in [-0.25, -0.2) is 4.79 Å². The number of epoxide rings is 1. The van der Waals surface area contributed by atoms with Crippen molar-refractivity contribution in [1.29, 1.82) is 0 Å². The van der Waals surface area contributed by atoms with Crippen LogP contribution < -0.4 is 34.3 Å². The van der Waals surface area contributed by atoms with E-state index in [1.165, 1.54) is 0 Å². The van der Waals surface area contributed by atoms with Crippen LogP contribution in [0.1, 0.15) is 40.5 Å². The molecule has 0 aliphatic carbocycles. The van der Waals surface area contributed by atoms with E-state index in [1.54, 1.807) is 0 Å². The summed E-state index contributed by atoms with van der Waals surface area (Å²) < 4.78 is 16.0. The molecule has 1 fully saturated rings. The number of carbonyl (C=O) groups is 1. The summed E-state index contributed by atoms with van der Waals surface area (Å²) in [7, 11) is 0. The van der Waals surface area contributed by atoms with E-state index in [0.29, 0.717) is 24.8 Å². The van der Waals surface area contributed by atoms with Crippen molar-refractivity contribution in [3.05, 3.63) is 29.3 Å². The summed E-state index contributed by atoms with van der Waals surface area (Å²) in [6, 6.07) is 7.38. The molecule has 6 heteroatoms. The normalized spacial score (nSPS) is 18.9. The molecule has 0 spiro atoms. The third-order valence-corrected chi connectivity index (χ3v) is 3.95. The number of esters is 1. The molecule has 1 heterocycles. The summed E-state index contributed by atoms with van der Waals surface area (Å²) in [5, 5.41) is 0.713. The second-order valence-electron chi connectivity index (χ2n) is 5.47. The summed E-state index contributed by atoms with van der Waals surface area (Å²) in [5.74, 6) is 0.637. The van der Waals surface area contributed by atoms with Crippen molar-refractivity contribution >= 4 is 17.6 Å². The van der Waals surface area contributed by atoms with Crippen LogP contribution in [0.15, 0.2) is 24.3 Å². The Bertz CT molecular complexity index is 480. The minimum atomic E-state index is -0.629. The fourth-order valence-corrected chi connectivity index (χ4v) is 2.43. The van der Waals surface area contributed by atoms with Gasteiger partial charge in [0.1, 0.15) is 5.75 Å². The largest absolute Gasteiger partial charge is 1.00 e. The van der Waals surface area contributed by atoms with Crippen molar-refractivity contribution in [2.24, 2.45) is 0 Å². The van der Waals surface area contributed by atoms with Gasteiger partial charge in [0.25, 0.3) is 0 Å². The quantitative estimate of drug-likeness (QED) is 0.274. The molecule has 1 aliphatic rings. The number of hydrogen-bond donors (Lipinski definition) is 0. The van der Waals surface area contributed by atoms with Crippen LogP contribution in [0.3, 0.4) is 0 Å². The molecule has 0 unspecified atom stereocenters. The summed E-state index contributed by atoms with van der Waals surface area (Å²) in [6.07, 6.45) is 4.86. The van der Waals surface area contributed by atoms with Crippen LogP contribution in [-0.4, -0.2) is 31.4 Å². The van der Waals surface area contributed by atoms with E-state index in [-0.39, 0.29) is 37.0 Å². The molecule has 0 radical (unpaired) electrons. The molecule has 4 nitrogen and oxygen atoms in total. The van der Waals surface area contributed by atoms with Crippen LogP contribution in [0.25, 0.3) is 0 Å². The number of hydrogen-bond acceptors (Lipinski definition) is 4. The van der Waals surface area contributed by atoms with E-state index < -0.39 is 5.60 Å². The molecule has 1 aliphatic heterocycles. The number of benzene rings is 1. The van der Waals surface area contributed by atoms with Crippen LogP contribution in [-0.2, 0) is 14.3 Å². The number of halogens is 1. The molecule has 124 valence electrons. The zero-order valence-electron chi connectivity index (χ0n) is 15.0. The first kappa shape index (κ1) is 20.8. The molecular formula is C17H24ClNaO4. The predicted octanol–water partition coefficient (Wildman–Crippen LogP) is 1.12. The standard InChI is InChI=1S/C17H23ClO4.Na.H/c1-2-20-16(19)17(13-22-17)11-5-3-4-6-12-21-15-9-7-14(18)8-10-15;;/h7-10H,2-6,11-13H2,1H3;;/q;+1;-1/t17-;;/m1../s1. The zero-order valence-corrected chi connectivity index (χ0v) is 16.7. The summed E-state index contributed by atoms with van der Waals surface area (Å²) >= 11 is 5.82. The Morgan fingerprint density at radius 3 is 2.52 bits per heavy atom. The average molecular weight is 351 g/mol. The fraction of sp³-hybridized carbons (Fsp3) is 0.588. The van der Waals surface area contributed by atoms with Gasteiger partial charge in [0.05, 0.1) is 19.8 Å². The first-order valence-corrected chi connectivity index (χ1v) is 8.24. The minimum Gasteiger partial charge on any atom is -1.00 e. The third kappa shape index (κ3) is 7.02. The summed E-state index contributed by atoms with van der Waals surface area (Å²) in [4.78, 5) is 11.7. The van der Waals surface area contributed by atoms with Gasteiger partial charge in [-0.05, 0) is 50.5 Å². The minimum absolute atomic E-state index is 0. The first-order valence-electron chi connectivity index (χ1n) is 7.86. The number of ether oxygens (including phenoxy) is 3. The van der Waals surface area contributed by atoms with Gasteiger partial charge in [0, 0.05) is 5.02 Å². The van der Waals surface area contributed by atoms with Gasteiger partial charge in [0.15, 0.2) is 5.60 Å². The molecule has 23 heavy (non-hydrogen) atoms. The maximum atomic E-state index is 11.7. The molecular weight excluding hydrogens is 327 g/mol. The van der Waals surface area contributed by atoms with E-state index in [4.69, 9.17) is 25.8 Å². The summed E-state index contributed by atoms with van der Waals surface area (Å²) in [5.41, 5.74) is -0.629. The molecule has 1 saturated heterocycles. The van der Waals surface area contributed by atoms with Gasteiger partial charge >= 0.3 is 35.5 Å². The zero-order chi connectivity index (χ0) is 15.8. The van der Waals surface area contributed by atoms with Gasteiger partial charge < -0.3 is 15.6 Å². The van der Waals surface area contributed by atoms with E-state index in [0.717, 1.165) is 37.9 Å². The SMILES string of the molecule is CCOC(=O)[C@@]1(CCCCCCOc2ccc(Cl)cc2)CO1.[H-].[Na+].